The molecule has 1 amide bonds. The minimum absolute atomic E-state index is 0.209. The maximum atomic E-state index is 12.9. The van der Waals surface area contributed by atoms with Gasteiger partial charge in [-0.15, -0.1) is 0 Å². The number of rotatable bonds is 8. The number of carbonyl (C=O) groups is 1. The summed E-state index contributed by atoms with van der Waals surface area (Å²) in [5.74, 6) is -0.627. The molecule has 122 valence electrons. The second kappa shape index (κ2) is 8.83. The zero-order valence-corrected chi connectivity index (χ0v) is 13.1. The van der Waals surface area contributed by atoms with Crippen LogP contribution in [0.2, 0.25) is 0 Å². The number of nitrogens with two attached hydrogens (primary N) is 1. The topological polar surface area (TPSA) is 59.2 Å². The van der Waals surface area contributed by atoms with Crippen molar-refractivity contribution in [2.75, 3.05) is 13.1 Å². The molecule has 0 radical (unpaired) electrons. The molecule has 22 heavy (non-hydrogen) atoms. The molecule has 1 unspecified atom stereocenters. The van der Waals surface area contributed by atoms with Crippen molar-refractivity contribution < 1.29 is 9.18 Å². The predicted octanol–water partition coefficient (Wildman–Crippen LogP) is 2.66. The van der Waals surface area contributed by atoms with E-state index >= 15 is 0 Å². The van der Waals surface area contributed by atoms with Crippen molar-refractivity contribution in [2.24, 2.45) is 5.73 Å². The lowest BCUT2D eigenvalue weighted by Gasteiger charge is -2.36. The number of aromatic nitrogens is 1. The van der Waals surface area contributed by atoms with Gasteiger partial charge in [0.25, 0.3) is 0 Å². The molecule has 2 N–H and O–H groups in total. The summed E-state index contributed by atoms with van der Waals surface area (Å²) in [4.78, 5) is 17.0. The van der Waals surface area contributed by atoms with Crippen LogP contribution in [0.15, 0.2) is 18.3 Å². The molecular weight excluding hydrogens is 281 g/mol. The van der Waals surface area contributed by atoms with Crippen LogP contribution in [0.4, 0.5) is 4.39 Å². The molecule has 5 heteroatoms. The first-order valence-corrected chi connectivity index (χ1v) is 8.28. The Kier molecular flexibility index (Phi) is 6.77. The molecule has 1 saturated heterocycles. The number of likely N-dealkylation sites (tertiary alicyclic amines) is 1. The molecule has 2 heterocycles. The Labute approximate surface area is 131 Å². The first-order chi connectivity index (χ1) is 10.6. The Balaban J connectivity index is 1.77. The summed E-state index contributed by atoms with van der Waals surface area (Å²) in [7, 11) is 0. The number of hydrogen-bond acceptors (Lipinski definition) is 3. The summed E-state index contributed by atoms with van der Waals surface area (Å²) in [6.07, 6.45) is 9.81. The largest absolute Gasteiger partial charge is 0.370 e. The molecule has 4 nitrogen and oxygen atoms in total. The van der Waals surface area contributed by atoms with Crippen molar-refractivity contribution in [1.29, 1.82) is 0 Å². The molecule has 0 aliphatic carbocycles. The van der Waals surface area contributed by atoms with E-state index < -0.39 is 5.95 Å². The lowest BCUT2D eigenvalue weighted by atomic mass is 9.96. The highest BCUT2D eigenvalue weighted by Crippen LogP contribution is 2.21. The second-order valence-corrected chi connectivity index (χ2v) is 6.16. The van der Waals surface area contributed by atoms with Crippen LogP contribution in [0.3, 0.4) is 0 Å². The van der Waals surface area contributed by atoms with Gasteiger partial charge in [0.2, 0.25) is 11.9 Å². The van der Waals surface area contributed by atoms with E-state index in [2.05, 4.69) is 9.88 Å². The van der Waals surface area contributed by atoms with Gasteiger partial charge in [-0.1, -0.05) is 18.9 Å². The predicted molar refractivity (Wildman–Crippen MR) is 84.8 cm³/mol. The molecule has 1 fully saturated rings. The second-order valence-electron chi connectivity index (χ2n) is 6.16. The molecule has 1 aliphatic rings. The first-order valence-electron chi connectivity index (χ1n) is 8.28. The fraction of sp³-hybridized carbons (Fsp3) is 0.647. The van der Waals surface area contributed by atoms with Crippen molar-refractivity contribution in [2.45, 2.75) is 57.4 Å². The van der Waals surface area contributed by atoms with Crippen LogP contribution in [0.25, 0.3) is 0 Å². The minimum Gasteiger partial charge on any atom is -0.370 e. The molecule has 0 saturated carbocycles. The minimum atomic E-state index is -0.418. The molecule has 1 atom stereocenters. The van der Waals surface area contributed by atoms with E-state index in [4.69, 9.17) is 5.73 Å². The summed E-state index contributed by atoms with van der Waals surface area (Å²) < 4.78 is 12.9. The van der Waals surface area contributed by atoms with Crippen LogP contribution < -0.4 is 5.73 Å². The van der Waals surface area contributed by atoms with Crippen LogP contribution in [0.5, 0.6) is 0 Å². The van der Waals surface area contributed by atoms with Gasteiger partial charge < -0.3 is 10.6 Å². The number of unbranched alkanes of at least 4 members (excludes halogenated alkanes) is 2. The highest BCUT2D eigenvalue weighted by Gasteiger charge is 2.22. The Hall–Kier alpha value is -1.49. The third-order valence-electron chi connectivity index (χ3n) is 4.38. The van der Waals surface area contributed by atoms with Crippen LogP contribution >= 0.6 is 0 Å². The van der Waals surface area contributed by atoms with Crippen LogP contribution in [-0.4, -0.2) is 34.9 Å². The van der Waals surface area contributed by atoms with Gasteiger partial charge in [-0.2, -0.15) is 4.39 Å². The fourth-order valence-electron chi connectivity index (χ4n) is 3.18. The normalized spacial score (nSPS) is 19.2. The number of pyridine rings is 1. The van der Waals surface area contributed by atoms with E-state index in [1.54, 1.807) is 6.20 Å². The average Bonchev–Trinajstić information content (AvgIpc) is 2.50. The quantitative estimate of drug-likeness (QED) is 0.593. The van der Waals surface area contributed by atoms with E-state index in [1.807, 2.05) is 6.07 Å². The smallest absolute Gasteiger partial charge is 0.217 e. The summed E-state index contributed by atoms with van der Waals surface area (Å²) in [5, 5.41) is 0. The van der Waals surface area contributed by atoms with Gasteiger partial charge in [0.15, 0.2) is 0 Å². The number of carbonyl (C=O) groups excluding carboxylic acids is 1. The Morgan fingerprint density at radius 3 is 2.91 bits per heavy atom. The SMILES string of the molecule is NC(=O)CCCCCN1CCCCC1Cc1ccc(F)nc1. The fourth-order valence-corrected chi connectivity index (χ4v) is 3.18. The maximum Gasteiger partial charge on any atom is 0.217 e. The highest BCUT2D eigenvalue weighted by atomic mass is 19.1. The van der Waals surface area contributed by atoms with Crippen molar-refractivity contribution in [3.05, 3.63) is 29.8 Å². The molecule has 1 aromatic rings. The Morgan fingerprint density at radius 1 is 1.32 bits per heavy atom. The average molecular weight is 307 g/mol. The van der Waals surface area contributed by atoms with Crippen molar-refractivity contribution in [3.8, 4) is 0 Å². The maximum absolute atomic E-state index is 12.9. The summed E-state index contributed by atoms with van der Waals surface area (Å²) >= 11 is 0. The van der Waals surface area contributed by atoms with Gasteiger partial charge in [0.1, 0.15) is 0 Å². The van der Waals surface area contributed by atoms with Gasteiger partial charge in [0, 0.05) is 18.7 Å². The number of piperidine rings is 1. The van der Waals surface area contributed by atoms with Gasteiger partial charge >= 0.3 is 0 Å². The molecule has 0 spiro atoms. The van der Waals surface area contributed by atoms with E-state index in [0.29, 0.717) is 12.5 Å². The molecule has 1 aliphatic heterocycles. The van der Waals surface area contributed by atoms with Crippen molar-refractivity contribution in [3.63, 3.8) is 0 Å². The number of nitrogens with zero attached hydrogens (tertiary/aromatic N) is 2. The summed E-state index contributed by atoms with van der Waals surface area (Å²) in [6, 6.07) is 3.80. The van der Waals surface area contributed by atoms with Crippen molar-refractivity contribution in [1.82, 2.24) is 9.88 Å². The van der Waals surface area contributed by atoms with E-state index in [9.17, 15) is 9.18 Å². The first kappa shape index (κ1) is 16.9. The van der Waals surface area contributed by atoms with E-state index in [-0.39, 0.29) is 5.91 Å². The van der Waals surface area contributed by atoms with Crippen LogP contribution in [0.1, 0.15) is 50.5 Å². The van der Waals surface area contributed by atoms with Gasteiger partial charge in [0.05, 0.1) is 0 Å². The molecule has 2 rings (SSSR count). The molecular formula is C17H26FN3O. The summed E-state index contributed by atoms with van der Waals surface area (Å²) in [5.41, 5.74) is 6.26. The highest BCUT2D eigenvalue weighted by molar-refractivity contribution is 5.73. The van der Waals surface area contributed by atoms with Gasteiger partial charge in [-0.05, 0) is 56.8 Å². The third-order valence-corrected chi connectivity index (χ3v) is 4.38. The zero-order valence-electron chi connectivity index (χ0n) is 13.1. The summed E-state index contributed by atoms with van der Waals surface area (Å²) in [6.45, 7) is 2.20. The standard InChI is InChI=1S/C17H26FN3O/c18-16-9-8-14(13-20-16)12-15-6-3-5-11-21(15)10-4-1-2-7-17(19)22/h8-9,13,15H,1-7,10-12H2,(H2,19,22). The van der Waals surface area contributed by atoms with Crippen molar-refractivity contribution >= 4 is 5.91 Å². The zero-order chi connectivity index (χ0) is 15.8. The van der Waals surface area contributed by atoms with Crippen LogP contribution in [-0.2, 0) is 11.2 Å². The van der Waals surface area contributed by atoms with Gasteiger partial charge in [-0.25, -0.2) is 4.98 Å². The Bertz CT molecular complexity index is 463. The lowest BCUT2D eigenvalue weighted by Crippen LogP contribution is -2.41. The number of hydrogen-bond donors (Lipinski definition) is 1. The molecule has 1 aromatic heterocycles. The third kappa shape index (κ3) is 5.72. The van der Waals surface area contributed by atoms with E-state index in [0.717, 1.165) is 44.3 Å². The molecule has 0 bridgehead atoms. The van der Waals surface area contributed by atoms with E-state index in [1.165, 1.54) is 25.3 Å². The number of primary amides is 1. The monoisotopic (exact) mass is 307 g/mol. The Morgan fingerprint density at radius 2 is 2.18 bits per heavy atom. The molecule has 0 aromatic carbocycles. The lowest BCUT2D eigenvalue weighted by molar-refractivity contribution is -0.118. The number of amides is 1. The van der Waals surface area contributed by atoms with Crippen LogP contribution in [0, 0.1) is 5.95 Å². The van der Waals surface area contributed by atoms with Gasteiger partial charge in [-0.3, -0.25) is 4.79 Å². The number of halogens is 1.